The standard InChI is InChI=1S/C26H41N5O3Si/c1-28-17-31(20-7-5-19(6-8-20)14-29-15-21(32)16-29)24-22-9-10-30(18-34-11-12-35(2,3)4)25(22)27-13-23(24)26(28)33/h9-10,13,19-21,32H,5-8,11-12,14-18H2,1-4H3/t19-,20-. The van der Waals surface area contributed by atoms with Crippen molar-refractivity contribution in [1.82, 2.24) is 19.4 Å². The number of aromatic nitrogens is 2. The Balaban J connectivity index is 1.32. The first-order valence-electron chi connectivity index (χ1n) is 13.2. The Hall–Kier alpha value is -1.94. The number of hydrogen-bond donors (Lipinski definition) is 1. The van der Waals surface area contributed by atoms with Gasteiger partial charge < -0.3 is 24.2 Å². The number of carbonyl (C=O) groups excluding carboxylic acids is 1. The Kier molecular flexibility index (Phi) is 6.95. The molecule has 2 aliphatic heterocycles. The average molecular weight is 500 g/mol. The van der Waals surface area contributed by atoms with Crippen molar-refractivity contribution in [2.24, 2.45) is 5.92 Å². The molecule has 0 bridgehead atoms. The van der Waals surface area contributed by atoms with Crippen LogP contribution in [0.15, 0.2) is 18.5 Å². The van der Waals surface area contributed by atoms with Crippen molar-refractivity contribution in [2.45, 2.75) is 70.2 Å². The largest absolute Gasteiger partial charge is 0.390 e. The molecule has 1 saturated heterocycles. The fourth-order valence-corrected chi connectivity index (χ4v) is 6.56. The number of rotatable bonds is 8. The van der Waals surface area contributed by atoms with E-state index in [0.717, 1.165) is 61.8 Å². The van der Waals surface area contributed by atoms with E-state index in [1.807, 2.05) is 18.1 Å². The van der Waals surface area contributed by atoms with Crippen molar-refractivity contribution in [1.29, 1.82) is 0 Å². The number of β-amino-alcohol motifs (C(OH)–C–C–N with tert-alkyl or cyclic N) is 1. The predicted octanol–water partition coefficient (Wildman–Crippen LogP) is 3.43. The maximum absolute atomic E-state index is 13.0. The van der Waals surface area contributed by atoms with E-state index >= 15 is 0 Å². The summed E-state index contributed by atoms with van der Waals surface area (Å²) >= 11 is 0. The summed E-state index contributed by atoms with van der Waals surface area (Å²) in [5.74, 6) is 0.754. The first kappa shape index (κ1) is 24.7. The Labute approximate surface area is 209 Å². The molecule has 2 aromatic rings. The van der Waals surface area contributed by atoms with Gasteiger partial charge in [0.05, 0.1) is 24.0 Å². The molecule has 1 amide bonds. The smallest absolute Gasteiger partial charge is 0.258 e. The summed E-state index contributed by atoms with van der Waals surface area (Å²) in [7, 11) is 0.766. The summed E-state index contributed by atoms with van der Waals surface area (Å²) in [6.07, 6.45) is 8.34. The Morgan fingerprint density at radius 2 is 1.91 bits per heavy atom. The maximum Gasteiger partial charge on any atom is 0.258 e. The van der Waals surface area contributed by atoms with Gasteiger partial charge in [0.15, 0.2) is 0 Å². The second kappa shape index (κ2) is 9.84. The lowest BCUT2D eigenvalue weighted by molar-refractivity contribution is -0.00999. The fraction of sp³-hybridized carbons (Fsp3) is 0.692. The van der Waals surface area contributed by atoms with Gasteiger partial charge in [-0.25, -0.2) is 4.98 Å². The van der Waals surface area contributed by atoms with Gasteiger partial charge in [-0.1, -0.05) is 19.6 Å². The third-order valence-corrected chi connectivity index (χ3v) is 9.63. The van der Waals surface area contributed by atoms with Crippen LogP contribution in [-0.2, 0) is 11.5 Å². The number of anilines is 1. The van der Waals surface area contributed by atoms with E-state index in [0.29, 0.717) is 30.9 Å². The summed E-state index contributed by atoms with van der Waals surface area (Å²) in [6, 6.07) is 3.67. The second-order valence-corrected chi connectivity index (χ2v) is 17.7. The highest BCUT2D eigenvalue weighted by molar-refractivity contribution is 6.76. The summed E-state index contributed by atoms with van der Waals surface area (Å²) in [4.78, 5) is 24.4. The van der Waals surface area contributed by atoms with E-state index in [-0.39, 0.29) is 12.0 Å². The van der Waals surface area contributed by atoms with Gasteiger partial charge in [0, 0.05) is 65.2 Å². The first-order chi connectivity index (χ1) is 16.7. The van der Waals surface area contributed by atoms with Crippen LogP contribution in [0.1, 0.15) is 36.0 Å². The van der Waals surface area contributed by atoms with Crippen LogP contribution >= 0.6 is 0 Å². The zero-order valence-electron chi connectivity index (χ0n) is 21.7. The third-order valence-electron chi connectivity index (χ3n) is 7.93. The molecule has 0 spiro atoms. The van der Waals surface area contributed by atoms with Gasteiger partial charge in [-0.05, 0) is 43.7 Å². The number of ether oxygens (including phenoxy) is 1. The van der Waals surface area contributed by atoms with Crippen LogP contribution in [0.2, 0.25) is 25.7 Å². The van der Waals surface area contributed by atoms with Gasteiger partial charge in [-0.2, -0.15) is 0 Å². The minimum absolute atomic E-state index is 0.0508. The van der Waals surface area contributed by atoms with Gasteiger partial charge in [-0.3, -0.25) is 9.69 Å². The molecule has 1 aliphatic carbocycles. The molecule has 35 heavy (non-hydrogen) atoms. The molecule has 0 radical (unpaired) electrons. The van der Waals surface area contributed by atoms with Crippen molar-refractivity contribution in [3.63, 3.8) is 0 Å². The van der Waals surface area contributed by atoms with Crippen LogP contribution in [0.25, 0.3) is 11.0 Å². The van der Waals surface area contributed by atoms with E-state index in [1.54, 1.807) is 6.20 Å². The van der Waals surface area contributed by atoms with Crippen LogP contribution in [0.3, 0.4) is 0 Å². The Morgan fingerprint density at radius 3 is 2.60 bits per heavy atom. The fourth-order valence-electron chi connectivity index (χ4n) is 5.80. The molecule has 9 heteroatoms. The lowest BCUT2D eigenvalue weighted by Gasteiger charge is -2.45. The quantitative estimate of drug-likeness (QED) is 0.443. The molecule has 0 aromatic carbocycles. The van der Waals surface area contributed by atoms with Crippen molar-refractivity contribution in [3.8, 4) is 0 Å². The van der Waals surface area contributed by atoms with Gasteiger partial charge in [0.2, 0.25) is 0 Å². The number of pyridine rings is 1. The van der Waals surface area contributed by atoms with Crippen LogP contribution in [0, 0.1) is 5.92 Å². The highest BCUT2D eigenvalue weighted by atomic mass is 28.3. The summed E-state index contributed by atoms with van der Waals surface area (Å²) in [5, 5.41) is 10.6. The third kappa shape index (κ3) is 5.28. The van der Waals surface area contributed by atoms with Gasteiger partial charge in [0.1, 0.15) is 12.4 Å². The van der Waals surface area contributed by atoms with Crippen molar-refractivity contribution in [2.75, 3.05) is 44.9 Å². The Bertz CT molecular complexity index is 1050. The number of aliphatic hydroxyl groups is 1. The molecule has 2 fully saturated rings. The zero-order valence-corrected chi connectivity index (χ0v) is 22.7. The van der Waals surface area contributed by atoms with E-state index in [4.69, 9.17) is 9.72 Å². The van der Waals surface area contributed by atoms with Crippen LogP contribution in [0.5, 0.6) is 0 Å². The molecule has 4 heterocycles. The number of nitrogens with zero attached hydrogens (tertiary/aromatic N) is 5. The highest BCUT2D eigenvalue weighted by Gasteiger charge is 2.36. The molecule has 5 rings (SSSR count). The minimum atomic E-state index is -1.12. The number of likely N-dealkylation sites (tertiary alicyclic amines) is 1. The molecular weight excluding hydrogens is 458 g/mol. The zero-order chi connectivity index (χ0) is 24.7. The van der Waals surface area contributed by atoms with E-state index in [1.165, 1.54) is 12.8 Å². The highest BCUT2D eigenvalue weighted by Crippen LogP contribution is 2.39. The summed E-state index contributed by atoms with van der Waals surface area (Å²) in [6.45, 7) is 11.7. The van der Waals surface area contributed by atoms with Gasteiger partial charge in [0.25, 0.3) is 5.91 Å². The lowest BCUT2D eigenvalue weighted by Crippen LogP contribution is -2.53. The van der Waals surface area contributed by atoms with Crippen LogP contribution in [-0.4, -0.2) is 90.5 Å². The molecule has 0 atom stereocenters. The minimum Gasteiger partial charge on any atom is -0.390 e. The molecule has 3 aliphatic rings. The summed E-state index contributed by atoms with van der Waals surface area (Å²) in [5.41, 5.74) is 2.65. The van der Waals surface area contributed by atoms with Crippen molar-refractivity contribution >= 4 is 30.7 Å². The van der Waals surface area contributed by atoms with Crippen LogP contribution < -0.4 is 4.90 Å². The van der Waals surface area contributed by atoms with Crippen LogP contribution in [0.4, 0.5) is 5.69 Å². The first-order valence-corrected chi connectivity index (χ1v) is 16.9. The SMILES string of the molecule is CN1CN([C@H]2CC[C@H](CN3CC(O)C3)CC2)c2c(cnc3c2ccn3COCC[Si](C)(C)C)C1=O. The van der Waals surface area contributed by atoms with E-state index in [9.17, 15) is 9.90 Å². The van der Waals surface area contributed by atoms with E-state index < -0.39 is 8.07 Å². The molecule has 0 unspecified atom stereocenters. The number of hydrogen-bond acceptors (Lipinski definition) is 6. The lowest BCUT2D eigenvalue weighted by atomic mass is 9.84. The van der Waals surface area contributed by atoms with Crippen molar-refractivity contribution in [3.05, 3.63) is 24.0 Å². The van der Waals surface area contributed by atoms with Gasteiger partial charge >= 0.3 is 0 Å². The number of aliphatic hydroxyl groups excluding tert-OH is 1. The molecular formula is C26H41N5O3Si. The molecule has 1 N–H and O–H groups in total. The van der Waals surface area contributed by atoms with Crippen molar-refractivity contribution < 1.29 is 14.6 Å². The number of amides is 1. The normalized spacial score (nSPS) is 24.2. The average Bonchev–Trinajstić information content (AvgIpc) is 3.21. The number of carbonyl (C=O) groups is 1. The maximum atomic E-state index is 13.0. The summed E-state index contributed by atoms with van der Waals surface area (Å²) < 4.78 is 8.07. The van der Waals surface area contributed by atoms with Gasteiger partial charge in [-0.15, -0.1) is 0 Å². The monoisotopic (exact) mass is 499 g/mol. The molecule has 2 aromatic heterocycles. The topological polar surface area (TPSA) is 74.1 Å². The number of fused-ring (bicyclic) bond motifs is 3. The second-order valence-electron chi connectivity index (χ2n) is 12.1. The predicted molar refractivity (Wildman–Crippen MR) is 141 cm³/mol. The molecule has 8 nitrogen and oxygen atoms in total. The Morgan fingerprint density at radius 1 is 1.17 bits per heavy atom. The molecule has 192 valence electrons. The van der Waals surface area contributed by atoms with E-state index in [2.05, 4.69) is 40.1 Å². The molecule has 1 saturated carbocycles.